The standard InChI is InChI=1S/C22H15BrF3N3O5/c23-17-9-14(3-8-20(17)34-12-13-1-4-15(5-2-13)21(30)31)11-27-28-18-7-6-16(22(24,25)26)10-19(18)29(32)33/h1-11,28H,12H2,(H,30,31)/b27-11-. The maximum Gasteiger partial charge on any atom is 0.416 e. The summed E-state index contributed by atoms with van der Waals surface area (Å²) in [6.07, 6.45) is -3.37. The molecule has 0 saturated carbocycles. The summed E-state index contributed by atoms with van der Waals surface area (Å²) in [4.78, 5) is 21.1. The Balaban J connectivity index is 1.65. The first-order valence-electron chi connectivity index (χ1n) is 9.44. The molecule has 0 aromatic heterocycles. The Morgan fingerprint density at radius 1 is 1.15 bits per heavy atom. The number of alkyl halides is 3. The Hall–Kier alpha value is -3.93. The number of halogens is 4. The number of carboxylic acids is 1. The quantitative estimate of drug-likeness (QED) is 0.204. The van der Waals surface area contributed by atoms with E-state index in [1.165, 1.54) is 18.3 Å². The molecule has 0 heterocycles. The molecule has 0 bridgehead atoms. The number of nitro groups is 1. The molecule has 34 heavy (non-hydrogen) atoms. The second kappa shape index (κ2) is 10.3. The third kappa shape index (κ3) is 6.32. The van der Waals surface area contributed by atoms with Gasteiger partial charge in [0.25, 0.3) is 5.69 Å². The van der Waals surface area contributed by atoms with Crippen LogP contribution in [-0.2, 0) is 12.8 Å². The fourth-order valence-corrected chi connectivity index (χ4v) is 3.26. The molecule has 8 nitrogen and oxygen atoms in total. The number of aromatic carboxylic acids is 1. The van der Waals surface area contributed by atoms with Crippen LogP contribution in [0.1, 0.15) is 27.0 Å². The fourth-order valence-electron chi connectivity index (χ4n) is 2.75. The van der Waals surface area contributed by atoms with Crippen LogP contribution in [0, 0.1) is 10.1 Å². The van der Waals surface area contributed by atoms with E-state index in [0.717, 1.165) is 17.7 Å². The Bertz CT molecular complexity index is 1250. The van der Waals surface area contributed by atoms with E-state index in [1.807, 2.05) is 0 Å². The number of ether oxygens (including phenoxy) is 1. The van der Waals surface area contributed by atoms with Crippen molar-refractivity contribution >= 4 is 39.5 Å². The van der Waals surface area contributed by atoms with Crippen LogP contribution in [0.4, 0.5) is 24.5 Å². The van der Waals surface area contributed by atoms with Crippen LogP contribution in [-0.4, -0.2) is 22.2 Å². The number of nitrogens with zero attached hydrogens (tertiary/aromatic N) is 2. The van der Waals surface area contributed by atoms with Crippen molar-refractivity contribution in [2.75, 3.05) is 5.43 Å². The monoisotopic (exact) mass is 537 g/mol. The van der Waals surface area contributed by atoms with Gasteiger partial charge in [0.05, 0.1) is 26.7 Å². The Morgan fingerprint density at radius 2 is 1.85 bits per heavy atom. The second-order valence-corrected chi connectivity index (χ2v) is 7.69. The zero-order valence-corrected chi connectivity index (χ0v) is 18.6. The van der Waals surface area contributed by atoms with Crippen LogP contribution < -0.4 is 10.2 Å². The van der Waals surface area contributed by atoms with Gasteiger partial charge in [-0.15, -0.1) is 0 Å². The minimum absolute atomic E-state index is 0.170. The molecule has 0 saturated heterocycles. The van der Waals surface area contributed by atoms with E-state index in [9.17, 15) is 28.1 Å². The van der Waals surface area contributed by atoms with Crippen LogP contribution in [0.25, 0.3) is 0 Å². The Labute approximate surface area is 199 Å². The lowest BCUT2D eigenvalue weighted by Crippen LogP contribution is -2.06. The predicted octanol–water partition coefficient (Wildman–Crippen LogP) is 6.10. The van der Waals surface area contributed by atoms with Crippen molar-refractivity contribution in [3.8, 4) is 5.75 Å². The molecular weight excluding hydrogens is 523 g/mol. The number of carbonyl (C=O) groups is 1. The van der Waals surface area contributed by atoms with Gasteiger partial charge in [0.15, 0.2) is 0 Å². The van der Waals surface area contributed by atoms with Crippen LogP contribution in [0.15, 0.2) is 70.2 Å². The summed E-state index contributed by atoms with van der Waals surface area (Å²) >= 11 is 3.36. The number of benzene rings is 3. The third-order valence-electron chi connectivity index (χ3n) is 4.47. The molecule has 0 aliphatic carbocycles. The van der Waals surface area contributed by atoms with Crippen molar-refractivity contribution in [3.05, 3.63) is 97.5 Å². The van der Waals surface area contributed by atoms with E-state index in [4.69, 9.17) is 9.84 Å². The number of hydrogen-bond donors (Lipinski definition) is 2. The van der Waals surface area contributed by atoms with Crippen LogP contribution in [0.3, 0.4) is 0 Å². The molecule has 0 radical (unpaired) electrons. The maximum absolute atomic E-state index is 12.8. The van der Waals surface area contributed by atoms with Gasteiger partial charge in [-0.05, 0) is 69.5 Å². The van der Waals surface area contributed by atoms with Gasteiger partial charge >= 0.3 is 12.1 Å². The molecule has 3 rings (SSSR count). The first kappa shape index (κ1) is 24.7. The summed E-state index contributed by atoms with van der Waals surface area (Å²) in [6.45, 7) is 0.199. The lowest BCUT2D eigenvalue weighted by molar-refractivity contribution is -0.384. The van der Waals surface area contributed by atoms with Gasteiger partial charge in [-0.1, -0.05) is 12.1 Å². The summed E-state index contributed by atoms with van der Waals surface area (Å²) in [5.74, 6) is -0.513. The molecule has 0 unspecified atom stereocenters. The number of anilines is 1. The predicted molar refractivity (Wildman–Crippen MR) is 121 cm³/mol. The van der Waals surface area contributed by atoms with Gasteiger partial charge in [-0.2, -0.15) is 18.3 Å². The lowest BCUT2D eigenvalue weighted by Gasteiger charge is -2.09. The molecular formula is C22H15BrF3N3O5. The van der Waals surface area contributed by atoms with Crippen molar-refractivity contribution < 1.29 is 32.7 Å². The normalized spacial score (nSPS) is 11.4. The van der Waals surface area contributed by atoms with Crippen molar-refractivity contribution in [1.82, 2.24) is 0 Å². The first-order chi connectivity index (χ1) is 16.0. The SMILES string of the molecule is O=C(O)c1ccc(COc2ccc(/C=N\Nc3ccc(C(F)(F)F)cc3[N+](=O)[O-])cc2Br)cc1. The summed E-state index contributed by atoms with van der Waals surface area (Å²) in [5.41, 5.74) is 1.82. The van der Waals surface area contributed by atoms with Gasteiger partial charge in [-0.3, -0.25) is 15.5 Å². The minimum Gasteiger partial charge on any atom is -0.488 e. The molecule has 0 atom stereocenters. The molecule has 0 aliphatic heterocycles. The zero-order valence-electron chi connectivity index (χ0n) is 17.0. The summed E-state index contributed by atoms with van der Waals surface area (Å²) in [7, 11) is 0. The largest absolute Gasteiger partial charge is 0.488 e. The molecule has 12 heteroatoms. The number of hydrogen-bond acceptors (Lipinski definition) is 6. The second-order valence-electron chi connectivity index (χ2n) is 6.84. The Morgan fingerprint density at radius 3 is 2.44 bits per heavy atom. The van der Waals surface area contributed by atoms with Gasteiger partial charge in [0, 0.05) is 6.07 Å². The highest BCUT2D eigenvalue weighted by molar-refractivity contribution is 9.10. The number of nitrogens with one attached hydrogen (secondary N) is 1. The van der Waals surface area contributed by atoms with E-state index in [-0.39, 0.29) is 17.9 Å². The van der Waals surface area contributed by atoms with Gasteiger partial charge in [-0.25, -0.2) is 4.79 Å². The van der Waals surface area contributed by atoms with Gasteiger partial charge in [0.2, 0.25) is 0 Å². The van der Waals surface area contributed by atoms with E-state index in [0.29, 0.717) is 21.9 Å². The smallest absolute Gasteiger partial charge is 0.416 e. The Kier molecular flexibility index (Phi) is 7.51. The molecule has 2 N–H and O–H groups in total. The van der Waals surface area contributed by atoms with E-state index in [1.54, 1.807) is 30.3 Å². The van der Waals surface area contributed by atoms with E-state index < -0.39 is 28.3 Å². The van der Waals surface area contributed by atoms with Gasteiger partial charge < -0.3 is 9.84 Å². The van der Waals surface area contributed by atoms with Crippen LogP contribution in [0.2, 0.25) is 0 Å². The number of rotatable bonds is 8. The topological polar surface area (TPSA) is 114 Å². The molecule has 3 aromatic rings. The van der Waals surface area contributed by atoms with E-state index in [2.05, 4.69) is 26.5 Å². The molecule has 0 aliphatic rings. The van der Waals surface area contributed by atoms with E-state index >= 15 is 0 Å². The fraction of sp³-hybridized carbons (Fsp3) is 0.0909. The average Bonchev–Trinajstić information content (AvgIpc) is 2.78. The minimum atomic E-state index is -4.70. The average molecular weight is 538 g/mol. The summed E-state index contributed by atoms with van der Waals surface area (Å²) < 4.78 is 44.7. The van der Waals surface area contributed by atoms with Crippen LogP contribution >= 0.6 is 15.9 Å². The third-order valence-corrected chi connectivity index (χ3v) is 5.09. The molecule has 0 fully saturated rings. The van der Waals surface area contributed by atoms with Crippen molar-refractivity contribution in [2.45, 2.75) is 12.8 Å². The highest BCUT2D eigenvalue weighted by Gasteiger charge is 2.33. The van der Waals surface area contributed by atoms with Crippen molar-refractivity contribution in [2.24, 2.45) is 5.10 Å². The highest BCUT2D eigenvalue weighted by Crippen LogP contribution is 2.35. The number of carboxylic acid groups (broad SMARTS) is 1. The van der Waals surface area contributed by atoms with Crippen molar-refractivity contribution in [3.63, 3.8) is 0 Å². The summed E-state index contributed by atoms with van der Waals surface area (Å²) in [6, 6.07) is 13.3. The number of nitro benzene ring substituents is 1. The molecule has 0 spiro atoms. The zero-order chi connectivity index (χ0) is 24.9. The molecule has 0 amide bonds. The van der Waals surface area contributed by atoms with Crippen LogP contribution in [0.5, 0.6) is 5.75 Å². The van der Waals surface area contributed by atoms with Crippen molar-refractivity contribution in [1.29, 1.82) is 0 Å². The molecule has 176 valence electrons. The lowest BCUT2D eigenvalue weighted by atomic mass is 10.1. The molecule has 3 aromatic carbocycles. The van der Waals surface area contributed by atoms with Gasteiger partial charge in [0.1, 0.15) is 18.0 Å². The first-order valence-corrected chi connectivity index (χ1v) is 10.2. The number of hydrazone groups is 1. The highest BCUT2D eigenvalue weighted by atomic mass is 79.9. The summed E-state index contributed by atoms with van der Waals surface area (Å²) in [5, 5.41) is 23.9. The maximum atomic E-state index is 12.8.